The number of phosphoric acid groups is 2. The topological polar surface area (TPSA) is 237 Å². The average molecular weight is 1300 g/mol. The van der Waals surface area contributed by atoms with Crippen molar-refractivity contribution in [1.82, 2.24) is 0 Å². The standard InChI is InChI=1S/C69H134O17P2/c1-8-10-11-12-13-29-36-43-50-66(71)79-56-64(86-69(74)53-46-39-32-25-24-28-35-42-49-62(7)9-2)58-83-87(75,76)81-54-63(70)55-82-88(77,78)84-59-65(57-80-67(72)51-44-37-30-22-19-18-21-27-34-41-48-61(5)6)85-68(73)52-45-38-31-23-17-15-14-16-20-26-33-40-47-60(3)4/h60-65,70H,8-59H2,1-7H3,(H,75,76)(H,77,78)/t62?,63-,64+,65+/m0/s1. The van der Waals surface area contributed by atoms with E-state index in [9.17, 15) is 43.2 Å². The SMILES string of the molecule is CCCCCCCCCCC(=O)OC[C@H](COP(=O)(O)OC[C@H](O)COP(=O)(O)OC[C@@H](COC(=O)CCCCCCCCCCCCC(C)C)OC(=O)CCCCCCCCCCCCCCC(C)C)OC(=O)CCCCCCCCCCC(C)CC. The number of ether oxygens (including phenoxy) is 4. The molecule has 0 spiro atoms. The highest BCUT2D eigenvalue weighted by molar-refractivity contribution is 7.47. The van der Waals surface area contributed by atoms with Gasteiger partial charge in [0.05, 0.1) is 26.4 Å². The van der Waals surface area contributed by atoms with E-state index in [1.165, 1.54) is 148 Å². The molecule has 0 saturated carbocycles. The van der Waals surface area contributed by atoms with Crippen LogP contribution in [0.25, 0.3) is 0 Å². The molecule has 0 aliphatic rings. The van der Waals surface area contributed by atoms with E-state index in [4.69, 9.17) is 37.0 Å². The summed E-state index contributed by atoms with van der Waals surface area (Å²) in [4.78, 5) is 72.4. The van der Waals surface area contributed by atoms with Gasteiger partial charge < -0.3 is 33.8 Å². The van der Waals surface area contributed by atoms with E-state index >= 15 is 0 Å². The van der Waals surface area contributed by atoms with Crippen molar-refractivity contribution < 1.29 is 80.2 Å². The van der Waals surface area contributed by atoms with Crippen molar-refractivity contribution in [1.29, 1.82) is 0 Å². The molecule has 0 heterocycles. The maximum Gasteiger partial charge on any atom is 0.472 e. The van der Waals surface area contributed by atoms with Crippen molar-refractivity contribution in [3.05, 3.63) is 0 Å². The minimum absolute atomic E-state index is 0.104. The van der Waals surface area contributed by atoms with E-state index in [1.807, 2.05) is 0 Å². The highest BCUT2D eigenvalue weighted by atomic mass is 31.2. The molecule has 0 aliphatic carbocycles. The van der Waals surface area contributed by atoms with Gasteiger partial charge in [-0.1, -0.05) is 292 Å². The zero-order valence-electron chi connectivity index (χ0n) is 57.2. The van der Waals surface area contributed by atoms with Gasteiger partial charge in [-0.25, -0.2) is 9.13 Å². The average Bonchev–Trinajstić information content (AvgIpc) is 3.62. The summed E-state index contributed by atoms with van der Waals surface area (Å²) in [6.45, 7) is 11.8. The summed E-state index contributed by atoms with van der Waals surface area (Å²) in [5.41, 5.74) is 0. The molecule has 522 valence electrons. The molecule has 3 N–H and O–H groups in total. The van der Waals surface area contributed by atoms with E-state index in [0.29, 0.717) is 25.7 Å². The summed E-state index contributed by atoms with van der Waals surface area (Å²) < 4.78 is 68.2. The fourth-order valence-corrected chi connectivity index (χ4v) is 11.9. The third kappa shape index (κ3) is 61.6. The van der Waals surface area contributed by atoms with E-state index < -0.39 is 97.5 Å². The number of aliphatic hydroxyl groups is 1. The molecule has 0 fully saturated rings. The summed E-state index contributed by atoms with van der Waals surface area (Å²) >= 11 is 0. The second kappa shape index (κ2) is 60.0. The Kier molecular flexibility index (Phi) is 58.7. The summed E-state index contributed by atoms with van der Waals surface area (Å²) in [5.74, 6) is 0.174. The van der Waals surface area contributed by atoms with Crippen LogP contribution in [0.5, 0.6) is 0 Å². The Morgan fingerprint density at radius 1 is 0.330 bits per heavy atom. The molecule has 0 saturated heterocycles. The third-order valence-electron chi connectivity index (χ3n) is 16.2. The smallest absolute Gasteiger partial charge is 0.462 e. The zero-order chi connectivity index (χ0) is 65.2. The van der Waals surface area contributed by atoms with Gasteiger partial charge in [0.25, 0.3) is 0 Å². The van der Waals surface area contributed by atoms with Crippen LogP contribution in [0, 0.1) is 17.8 Å². The summed E-state index contributed by atoms with van der Waals surface area (Å²) in [7, 11) is -9.90. The molecule has 0 bridgehead atoms. The molecule has 0 aliphatic heterocycles. The fraction of sp³-hybridized carbons (Fsp3) is 0.942. The van der Waals surface area contributed by atoms with Crippen LogP contribution in [-0.2, 0) is 65.4 Å². The second-order valence-electron chi connectivity index (χ2n) is 26.1. The van der Waals surface area contributed by atoms with Gasteiger partial charge in [0.15, 0.2) is 12.2 Å². The molecule has 19 heteroatoms. The first-order valence-electron chi connectivity index (χ1n) is 35.9. The Morgan fingerprint density at radius 2 is 0.580 bits per heavy atom. The summed E-state index contributed by atoms with van der Waals surface area (Å²) in [6.07, 6.45) is 43.0. The van der Waals surface area contributed by atoms with E-state index in [2.05, 4.69) is 48.5 Å². The van der Waals surface area contributed by atoms with Crippen LogP contribution < -0.4 is 0 Å². The van der Waals surface area contributed by atoms with Crippen LogP contribution in [0.15, 0.2) is 0 Å². The molecule has 0 aromatic heterocycles. The van der Waals surface area contributed by atoms with Crippen LogP contribution in [0.3, 0.4) is 0 Å². The first-order valence-corrected chi connectivity index (χ1v) is 38.9. The van der Waals surface area contributed by atoms with Gasteiger partial charge in [-0.15, -0.1) is 0 Å². The Morgan fingerprint density at radius 3 is 0.864 bits per heavy atom. The van der Waals surface area contributed by atoms with Gasteiger partial charge >= 0.3 is 39.5 Å². The first kappa shape index (κ1) is 86.1. The number of aliphatic hydroxyl groups excluding tert-OH is 1. The number of carbonyl (C=O) groups excluding carboxylic acids is 4. The Bertz CT molecular complexity index is 1730. The highest BCUT2D eigenvalue weighted by Gasteiger charge is 2.30. The fourth-order valence-electron chi connectivity index (χ4n) is 10.3. The minimum Gasteiger partial charge on any atom is -0.462 e. The molecule has 0 rings (SSSR count). The molecule has 0 amide bonds. The van der Waals surface area contributed by atoms with Gasteiger partial charge in [0, 0.05) is 25.7 Å². The molecule has 17 nitrogen and oxygen atoms in total. The van der Waals surface area contributed by atoms with E-state index in [1.54, 1.807) is 0 Å². The number of unbranched alkanes of at least 4 members (excludes halogenated alkanes) is 34. The number of esters is 4. The van der Waals surface area contributed by atoms with Crippen LogP contribution in [0.1, 0.15) is 344 Å². The van der Waals surface area contributed by atoms with Gasteiger partial charge in [0.2, 0.25) is 0 Å². The van der Waals surface area contributed by atoms with Crippen molar-refractivity contribution in [2.75, 3.05) is 39.6 Å². The molecule has 3 unspecified atom stereocenters. The zero-order valence-corrected chi connectivity index (χ0v) is 59.0. The maximum absolute atomic E-state index is 13.0. The van der Waals surface area contributed by atoms with Crippen molar-refractivity contribution in [3.63, 3.8) is 0 Å². The van der Waals surface area contributed by atoms with Crippen LogP contribution >= 0.6 is 15.6 Å². The lowest BCUT2D eigenvalue weighted by atomic mass is 9.99. The largest absolute Gasteiger partial charge is 0.472 e. The van der Waals surface area contributed by atoms with Crippen molar-refractivity contribution >= 4 is 39.5 Å². The number of phosphoric ester groups is 2. The number of rotatable bonds is 67. The predicted octanol–water partition coefficient (Wildman–Crippen LogP) is 19.5. The molecular formula is C69H134O17P2. The van der Waals surface area contributed by atoms with Crippen molar-refractivity contribution in [3.8, 4) is 0 Å². The van der Waals surface area contributed by atoms with Gasteiger partial charge in [0.1, 0.15) is 19.3 Å². The lowest BCUT2D eigenvalue weighted by Gasteiger charge is -2.21. The monoisotopic (exact) mass is 1300 g/mol. The molecule has 0 radical (unpaired) electrons. The first-order chi connectivity index (χ1) is 42.3. The Balaban J connectivity index is 5.24. The minimum atomic E-state index is -4.95. The van der Waals surface area contributed by atoms with Crippen LogP contribution in [-0.4, -0.2) is 96.7 Å². The van der Waals surface area contributed by atoms with Gasteiger partial charge in [-0.05, 0) is 43.4 Å². The summed E-state index contributed by atoms with van der Waals surface area (Å²) in [6, 6.07) is 0. The lowest BCUT2D eigenvalue weighted by Crippen LogP contribution is -2.30. The maximum atomic E-state index is 13.0. The Labute approximate surface area is 537 Å². The van der Waals surface area contributed by atoms with E-state index in [0.717, 1.165) is 114 Å². The molecule has 0 aromatic rings. The van der Waals surface area contributed by atoms with Gasteiger partial charge in [-0.3, -0.25) is 37.3 Å². The van der Waals surface area contributed by atoms with Crippen LogP contribution in [0.2, 0.25) is 0 Å². The second-order valence-corrected chi connectivity index (χ2v) is 29.0. The molecule has 6 atom stereocenters. The number of carbonyl (C=O) groups is 4. The highest BCUT2D eigenvalue weighted by Crippen LogP contribution is 2.45. The van der Waals surface area contributed by atoms with Crippen LogP contribution in [0.4, 0.5) is 0 Å². The van der Waals surface area contributed by atoms with E-state index in [-0.39, 0.29) is 25.7 Å². The third-order valence-corrected chi connectivity index (χ3v) is 18.1. The van der Waals surface area contributed by atoms with Crippen molar-refractivity contribution in [2.45, 2.75) is 362 Å². The number of hydrogen-bond acceptors (Lipinski definition) is 15. The Hall–Kier alpha value is -1.94. The quantitative estimate of drug-likeness (QED) is 0.0222. The number of hydrogen-bond donors (Lipinski definition) is 3. The molecular weight excluding hydrogens is 1160 g/mol. The van der Waals surface area contributed by atoms with Gasteiger partial charge in [-0.2, -0.15) is 0 Å². The molecule has 88 heavy (non-hydrogen) atoms. The predicted molar refractivity (Wildman–Crippen MR) is 354 cm³/mol. The lowest BCUT2D eigenvalue weighted by molar-refractivity contribution is -0.161. The van der Waals surface area contributed by atoms with Crippen molar-refractivity contribution in [2.24, 2.45) is 17.8 Å². The summed E-state index contributed by atoms with van der Waals surface area (Å²) in [5, 5.41) is 10.6. The molecule has 0 aromatic carbocycles. The normalized spacial score (nSPS) is 14.5.